The molecule has 0 bridgehead atoms. The molecule has 236 valence electrons. The van der Waals surface area contributed by atoms with Crippen LogP contribution < -0.4 is 9.62 Å². The lowest BCUT2D eigenvalue weighted by atomic mass is 10.0. The van der Waals surface area contributed by atoms with E-state index >= 15 is 0 Å². The third kappa shape index (κ3) is 8.43. The third-order valence-electron chi connectivity index (χ3n) is 7.13. The van der Waals surface area contributed by atoms with Gasteiger partial charge in [0.1, 0.15) is 12.6 Å². The van der Waals surface area contributed by atoms with Crippen molar-refractivity contribution in [2.24, 2.45) is 0 Å². The van der Waals surface area contributed by atoms with Crippen LogP contribution in [0.5, 0.6) is 0 Å². The normalized spacial score (nSPS) is 12.3. The minimum absolute atomic E-state index is 0.0914. The number of alkyl halides is 3. The van der Waals surface area contributed by atoms with Crippen LogP contribution in [0.25, 0.3) is 0 Å². The van der Waals surface area contributed by atoms with Gasteiger partial charge in [-0.2, -0.15) is 13.2 Å². The van der Waals surface area contributed by atoms with E-state index in [1.165, 1.54) is 30.1 Å². The van der Waals surface area contributed by atoms with Crippen LogP contribution >= 0.6 is 11.6 Å². The Labute approximate surface area is 265 Å². The molecule has 0 aromatic heterocycles. The number of carbonyl (C=O) groups is 2. The maximum atomic E-state index is 14.3. The van der Waals surface area contributed by atoms with Gasteiger partial charge in [-0.05, 0) is 60.5 Å². The molecule has 0 aliphatic rings. The molecule has 1 N–H and O–H groups in total. The molecular weight excluding hydrogens is 627 g/mol. The van der Waals surface area contributed by atoms with Crippen molar-refractivity contribution in [3.05, 3.63) is 130 Å². The van der Waals surface area contributed by atoms with Crippen LogP contribution in [0.1, 0.15) is 22.3 Å². The van der Waals surface area contributed by atoms with E-state index in [9.17, 15) is 31.2 Å². The Kier molecular flexibility index (Phi) is 10.6. The smallest absolute Gasteiger partial charge is 0.357 e. The topological polar surface area (TPSA) is 86.8 Å². The monoisotopic (exact) mass is 657 g/mol. The van der Waals surface area contributed by atoms with Gasteiger partial charge in [0, 0.05) is 25.0 Å². The fourth-order valence-electron chi connectivity index (χ4n) is 4.71. The number of rotatable bonds is 11. The standard InChI is InChI=1S/C33H31ClF3N3O4S/c1-23-11-17-29(18-12-23)45(43,44)40(28-10-6-9-26(20-28)33(35,36)37)22-31(41)39(21-25-13-15-27(34)16-14-25)30(32(42)38-2)19-24-7-4-3-5-8-24/h3-18,20,30H,19,21-22H2,1-2H3,(H,38,42)/t30-/m0/s1. The van der Waals surface area contributed by atoms with Gasteiger partial charge in [0.25, 0.3) is 10.0 Å². The number of sulfonamides is 1. The highest BCUT2D eigenvalue weighted by Gasteiger charge is 2.36. The Balaban J connectivity index is 1.82. The van der Waals surface area contributed by atoms with Crippen molar-refractivity contribution in [3.63, 3.8) is 0 Å². The molecule has 12 heteroatoms. The average Bonchev–Trinajstić information content (AvgIpc) is 3.02. The Morgan fingerprint density at radius 2 is 1.51 bits per heavy atom. The predicted molar refractivity (Wildman–Crippen MR) is 167 cm³/mol. The highest BCUT2D eigenvalue weighted by molar-refractivity contribution is 7.92. The van der Waals surface area contributed by atoms with Crippen LogP contribution in [0.15, 0.2) is 108 Å². The van der Waals surface area contributed by atoms with Crippen LogP contribution in [0, 0.1) is 6.92 Å². The Bertz CT molecular complexity index is 1730. The molecule has 0 saturated heterocycles. The molecule has 0 aliphatic carbocycles. The summed E-state index contributed by atoms with van der Waals surface area (Å²) in [6, 6.07) is 23.9. The number of amides is 2. The summed E-state index contributed by atoms with van der Waals surface area (Å²) in [4.78, 5) is 28.6. The van der Waals surface area contributed by atoms with Crippen molar-refractivity contribution in [1.29, 1.82) is 0 Å². The SMILES string of the molecule is CNC(=O)[C@H](Cc1ccccc1)N(Cc1ccc(Cl)cc1)C(=O)CN(c1cccc(C(F)(F)F)c1)S(=O)(=O)c1ccc(C)cc1. The Morgan fingerprint density at radius 1 is 0.867 bits per heavy atom. The van der Waals surface area contributed by atoms with E-state index in [1.807, 2.05) is 0 Å². The van der Waals surface area contributed by atoms with E-state index in [2.05, 4.69) is 5.32 Å². The summed E-state index contributed by atoms with van der Waals surface area (Å²) in [5, 5.41) is 3.02. The lowest BCUT2D eigenvalue weighted by molar-refractivity contribution is -0.139. The van der Waals surface area contributed by atoms with E-state index < -0.39 is 46.2 Å². The fourth-order valence-corrected chi connectivity index (χ4v) is 6.24. The molecule has 0 spiro atoms. The first-order chi connectivity index (χ1) is 21.3. The second kappa shape index (κ2) is 14.2. The number of aryl methyl sites for hydroxylation is 1. The molecule has 4 rings (SSSR count). The first kappa shape index (κ1) is 33.5. The maximum Gasteiger partial charge on any atom is 0.416 e. The van der Waals surface area contributed by atoms with Crippen molar-refractivity contribution >= 4 is 39.1 Å². The zero-order valence-corrected chi connectivity index (χ0v) is 26.0. The molecule has 0 saturated carbocycles. The minimum Gasteiger partial charge on any atom is -0.357 e. The summed E-state index contributed by atoms with van der Waals surface area (Å²) in [6.07, 6.45) is -4.67. The van der Waals surface area contributed by atoms with Gasteiger partial charge in [-0.15, -0.1) is 0 Å². The molecule has 4 aromatic carbocycles. The van der Waals surface area contributed by atoms with E-state index in [0.29, 0.717) is 21.0 Å². The summed E-state index contributed by atoms with van der Waals surface area (Å²) >= 11 is 6.06. The summed E-state index contributed by atoms with van der Waals surface area (Å²) in [6.45, 7) is 0.764. The van der Waals surface area contributed by atoms with E-state index in [1.54, 1.807) is 73.7 Å². The second-order valence-electron chi connectivity index (χ2n) is 10.3. The van der Waals surface area contributed by atoms with Gasteiger partial charge in [-0.25, -0.2) is 8.42 Å². The van der Waals surface area contributed by atoms with Crippen molar-refractivity contribution in [2.75, 3.05) is 17.9 Å². The number of anilines is 1. The molecule has 0 radical (unpaired) electrons. The maximum absolute atomic E-state index is 14.3. The van der Waals surface area contributed by atoms with Crippen molar-refractivity contribution in [1.82, 2.24) is 10.2 Å². The molecule has 0 heterocycles. The molecule has 1 atom stereocenters. The average molecular weight is 658 g/mol. The molecule has 4 aromatic rings. The quantitative estimate of drug-likeness (QED) is 0.207. The second-order valence-corrected chi connectivity index (χ2v) is 12.6. The van der Waals surface area contributed by atoms with E-state index in [4.69, 9.17) is 11.6 Å². The number of carbonyl (C=O) groups excluding carboxylic acids is 2. The largest absolute Gasteiger partial charge is 0.416 e. The molecule has 45 heavy (non-hydrogen) atoms. The first-order valence-corrected chi connectivity index (χ1v) is 15.7. The molecule has 7 nitrogen and oxygen atoms in total. The van der Waals surface area contributed by atoms with Gasteiger partial charge in [0.05, 0.1) is 16.1 Å². The van der Waals surface area contributed by atoms with Gasteiger partial charge in [0.15, 0.2) is 0 Å². The fraction of sp³-hybridized carbons (Fsp3) is 0.212. The van der Waals surface area contributed by atoms with Crippen molar-refractivity contribution in [2.45, 2.75) is 37.0 Å². The zero-order chi connectivity index (χ0) is 32.8. The number of nitrogens with zero attached hydrogens (tertiary/aromatic N) is 2. The summed E-state index contributed by atoms with van der Waals surface area (Å²) in [7, 11) is -3.13. The summed E-state index contributed by atoms with van der Waals surface area (Å²) in [5.41, 5.74) is 0.662. The van der Waals surface area contributed by atoms with Gasteiger partial charge >= 0.3 is 6.18 Å². The summed E-state index contributed by atoms with van der Waals surface area (Å²) < 4.78 is 69.7. The lowest BCUT2D eigenvalue weighted by Gasteiger charge is -2.33. The number of benzene rings is 4. The van der Waals surface area contributed by atoms with Crippen LogP contribution in [0.3, 0.4) is 0 Å². The first-order valence-electron chi connectivity index (χ1n) is 13.9. The van der Waals surface area contributed by atoms with Gasteiger partial charge in [-0.1, -0.05) is 77.8 Å². The lowest BCUT2D eigenvalue weighted by Crippen LogP contribution is -2.53. The minimum atomic E-state index is -4.76. The number of hydrogen-bond acceptors (Lipinski definition) is 4. The van der Waals surface area contributed by atoms with Gasteiger partial charge in [0.2, 0.25) is 11.8 Å². The van der Waals surface area contributed by atoms with Crippen LogP contribution in [-0.2, 0) is 38.8 Å². The molecule has 0 unspecified atom stereocenters. The highest BCUT2D eigenvalue weighted by atomic mass is 35.5. The van der Waals surface area contributed by atoms with Gasteiger partial charge < -0.3 is 10.2 Å². The highest BCUT2D eigenvalue weighted by Crippen LogP contribution is 2.33. The van der Waals surface area contributed by atoms with Crippen LogP contribution in [-0.4, -0.2) is 44.8 Å². The predicted octanol–water partition coefficient (Wildman–Crippen LogP) is 6.25. The number of nitrogens with one attached hydrogen (secondary N) is 1. The van der Waals surface area contributed by atoms with Gasteiger partial charge in [-0.3, -0.25) is 13.9 Å². The third-order valence-corrected chi connectivity index (χ3v) is 9.17. The molecule has 0 fully saturated rings. The number of hydrogen-bond donors (Lipinski definition) is 1. The number of halogens is 4. The van der Waals surface area contributed by atoms with Crippen LogP contribution in [0.2, 0.25) is 5.02 Å². The molecule has 0 aliphatic heterocycles. The molecule has 2 amide bonds. The van der Waals surface area contributed by atoms with Crippen LogP contribution in [0.4, 0.5) is 18.9 Å². The Morgan fingerprint density at radius 3 is 2.11 bits per heavy atom. The summed E-state index contributed by atoms with van der Waals surface area (Å²) in [5.74, 6) is -1.31. The van der Waals surface area contributed by atoms with Crippen molar-refractivity contribution in [3.8, 4) is 0 Å². The zero-order valence-electron chi connectivity index (χ0n) is 24.5. The number of likely N-dealkylation sites (N-methyl/N-ethyl adjacent to an activating group) is 1. The Hall–Kier alpha value is -4.35. The van der Waals surface area contributed by atoms with Crippen molar-refractivity contribution < 1.29 is 31.2 Å². The van der Waals surface area contributed by atoms with E-state index in [0.717, 1.165) is 23.3 Å². The van der Waals surface area contributed by atoms with E-state index in [-0.39, 0.29) is 23.5 Å². The molecular formula is C33H31ClF3N3O4S.